The minimum Gasteiger partial charge on any atom is -0.495 e. The van der Waals surface area contributed by atoms with Crippen LogP contribution >= 0.6 is 11.6 Å². The molecule has 9 heteroatoms. The Bertz CT molecular complexity index is 742. The van der Waals surface area contributed by atoms with Gasteiger partial charge < -0.3 is 24.8 Å². The summed E-state index contributed by atoms with van der Waals surface area (Å²) in [6, 6.07) is 4.80. The Hall–Kier alpha value is -2.58. The van der Waals surface area contributed by atoms with Crippen LogP contribution < -0.4 is 20.1 Å². The second kappa shape index (κ2) is 9.05. The predicted octanol–water partition coefficient (Wildman–Crippen LogP) is 2.27. The number of hydrogen-bond acceptors (Lipinski definition) is 7. The van der Waals surface area contributed by atoms with Crippen molar-refractivity contribution in [3.8, 4) is 11.5 Å². The zero-order chi connectivity index (χ0) is 18.2. The van der Waals surface area contributed by atoms with E-state index in [1.807, 2.05) is 0 Å². The zero-order valence-corrected chi connectivity index (χ0v) is 14.9. The maximum Gasteiger partial charge on any atom is 0.270 e. The molecule has 25 heavy (non-hydrogen) atoms. The summed E-state index contributed by atoms with van der Waals surface area (Å²) in [5.74, 6) is 0.882. The quantitative estimate of drug-likeness (QED) is 0.692. The molecular formula is C16H19ClN4O4. The molecule has 0 unspecified atom stereocenters. The fourth-order valence-electron chi connectivity index (χ4n) is 1.98. The van der Waals surface area contributed by atoms with Gasteiger partial charge in [-0.15, -0.1) is 0 Å². The number of carbonyl (C=O) groups excluding carboxylic acids is 1. The molecule has 0 aliphatic carbocycles. The van der Waals surface area contributed by atoms with Crippen LogP contribution in [0.25, 0.3) is 0 Å². The summed E-state index contributed by atoms with van der Waals surface area (Å²) in [5, 5.41) is 6.11. The van der Waals surface area contributed by atoms with Gasteiger partial charge in [-0.2, -0.15) is 0 Å². The number of carbonyl (C=O) groups is 1. The van der Waals surface area contributed by atoms with Gasteiger partial charge in [-0.25, -0.2) is 9.97 Å². The number of nitrogens with zero attached hydrogens (tertiary/aromatic N) is 2. The Morgan fingerprint density at radius 2 is 1.96 bits per heavy atom. The number of aromatic nitrogens is 2. The molecule has 0 radical (unpaired) electrons. The molecule has 8 nitrogen and oxygen atoms in total. The van der Waals surface area contributed by atoms with Crippen molar-refractivity contribution in [2.45, 2.75) is 0 Å². The lowest BCUT2D eigenvalue weighted by molar-refractivity contribution is 0.0932. The number of amides is 1. The maximum absolute atomic E-state index is 12.0. The Morgan fingerprint density at radius 3 is 2.64 bits per heavy atom. The maximum atomic E-state index is 12.0. The van der Waals surface area contributed by atoms with Gasteiger partial charge in [0.1, 0.15) is 17.2 Å². The first-order chi connectivity index (χ1) is 12.1. The van der Waals surface area contributed by atoms with Gasteiger partial charge in [-0.3, -0.25) is 4.79 Å². The summed E-state index contributed by atoms with van der Waals surface area (Å²) in [6.07, 6.45) is 1.49. The highest BCUT2D eigenvalue weighted by molar-refractivity contribution is 6.32. The highest BCUT2D eigenvalue weighted by Gasteiger charge is 2.13. The predicted molar refractivity (Wildman–Crippen MR) is 94.1 cm³/mol. The van der Waals surface area contributed by atoms with Crippen LogP contribution in [0.4, 0.5) is 11.6 Å². The number of anilines is 2. The molecule has 0 saturated heterocycles. The average molecular weight is 367 g/mol. The number of nitrogens with one attached hydrogen (secondary N) is 2. The highest BCUT2D eigenvalue weighted by Crippen LogP contribution is 2.36. The van der Waals surface area contributed by atoms with Crippen molar-refractivity contribution in [2.75, 3.05) is 39.8 Å². The van der Waals surface area contributed by atoms with E-state index in [4.69, 9.17) is 25.8 Å². The van der Waals surface area contributed by atoms with Gasteiger partial charge in [-0.1, -0.05) is 11.6 Å². The van der Waals surface area contributed by atoms with Crippen LogP contribution in [0.2, 0.25) is 5.02 Å². The van der Waals surface area contributed by atoms with Crippen molar-refractivity contribution in [1.82, 2.24) is 15.3 Å². The van der Waals surface area contributed by atoms with Crippen LogP contribution in [0, 0.1) is 0 Å². The molecule has 2 N–H and O–H groups in total. The highest BCUT2D eigenvalue weighted by atomic mass is 35.5. The van der Waals surface area contributed by atoms with Crippen molar-refractivity contribution in [1.29, 1.82) is 0 Å². The van der Waals surface area contributed by atoms with Gasteiger partial charge in [-0.05, 0) is 6.07 Å². The summed E-state index contributed by atoms with van der Waals surface area (Å²) >= 11 is 6.08. The van der Waals surface area contributed by atoms with E-state index in [9.17, 15) is 4.79 Å². The fourth-order valence-corrected chi connectivity index (χ4v) is 2.21. The van der Waals surface area contributed by atoms with Crippen LogP contribution in [0.3, 0.4) is 0 Å². The minimum absolute atomic E-state index is 0.230. The standard InChI is InChI=1S/C16H19ClN4O4/c1-23-7-6-18-15(22)11-4-5-19-16(20-11)21-12-9-13(24-2)10(17)8-14(12)25-3/h4-5,8-9H,6-7H2,1-3H3,(H,18,22)(H,19,20,21). The van der Waals surface area contributed by atoms with Crippen LogP contribution in [0.5, 0.6) is 11.5 Å². The molecule has 2 rings (SSSR count). The van der Waals surface area contributed by atoms with E-state index in [0.717, 1.165) is 0 Å². The molecule has 134 valence electrons. The molecule has 0 spiro atoms. The van der Waals surface area contributed by atoms with Gasteiger partial charge in [0.15, 0.2) is 0 Å². The summed E-state index contributed by atoms with van der Waals surface area (Å²) in [5.41, 5.74) is 0.786. The van der Waals surface area contributed by atoms with Crippen molar-refractivity contribution in [2.24, 2.45) is 0 Å². The van der Waals surface area contributed by atoms with Crippen molar-refractivity contribution in [3.05, 3.63) is 35.1 Å². The SMILES string of the molecule is COCCNC(=O)c1ccnc(Nc2cc(OC)c(Cl)cc2OC)n1. The third-order valence-corrected chi connectivity index (χ3v) is 3.50. The molecule has 0 atom stereocenters. The number of ether oxygens (including phenoxy) is 3. The van der Waals surface area contributed by atoms with E-state index in [-0.39, 0.29) is 17.5 Å². The molecule has 1 amide bonds. The largest absolute Gasteiger partial charge is 0.495 e. The number of methoxy groups -OCH3 is 3. The van der Waals surface area contributed by atoms with E-state index in [1.54, 1.807) is 19.2 Å². The smallest absolute Gasteiger partial charge is 0.270 e. The number of halogens is 1. The Kier molecular flexibility index (Phi) is 6.79. The van der Waals surface area contributed by atoms with Crippen LogP contribution in [0.1, 0.15) is 10.5 Å². The van der Waals surface area contributed by atoms with E-state index >= 15 is 0 Å². The van der Waals surface area contributed by atoms with Gasteiger partial charge in [0, 0.05) is 32.0 Å². The molecule has 1 heterocycles. The van der Waals surface area contributed by atoms with Gasteiger partial charge in [0.05, 0.1) is 31.5 Å². The van der Waals surface area contributed by atoms with E-state index in [0.29, 0.717) is 35.4 Å². The van der Waals surface area contributed by atoms with E-state index in [2.05, 4.69) is 20.6 Å². The molecular weight excluding hydrogens is 348 g/mol. The van der Waals surface area contributed by atoms with Crippen LogP contribution in [0.15, 0.2) is 24.4 Å². The van der Waals surface area contributed by atoms with Crippen molar-refractivity contribution < 1.29 is 19.0 Å². The van der Waals surface area contributed by atoms with Gasteiger partial charge in [0.2, 0.25) is 5.95 Å². The Balaban J connectivity index is 2.20. The second-order valence-electron chi connectivity index (χ2n) is 4.83. The lowest BCUT2D eigenvalue weighted by atomic mass is 10.2. The van der Waals surface area contributed by atoms with E-state index in [1.165, 1.54) is 26.5 Å². The Morgan fingerprint density at radius 1 is 1.20 bits per heavy atom. The molecule has 0 bridgehead atoms. The summed E-state index contributed by atoms with van der Waals surface area (Å²) in [4.78, 5) is 20.4. The lowest BCUT2D eigenvalue weighted by Gasteiger charge is -2.13. The lowest BCUT2D eigenvalue weighted by Crippen LogP contribution is -2.27. The first-order valence-corrected chi connectivity index (χ1v) is 7.75. The number of hydrogen-bond donors (Lipinski definition) is 2. The minimum atomic E-state index is -0.317. The van der Waals surface area contributed by atoms with E-state index < -0.39 is 0 Å². The van der Waals surface area contributed by atoms with Crippen LogP contribution in [-0.2, 0) is 4.74 Å². The summed E-state index contributed by atoms with van der Waals surface area (Å²) in [7, 11) is 4.59. The number of rotatable bonds is 8. The topological polar surface area (TPSA) is 94.6 Å². The van der Waals surface area contributed by atoms with Gasteiger partial charge >= 0.3 is 0 Å². The van der Waals surface area contributed by atoms with Crippen molar-refractivity contribution in [3.63, 3.8) is 0 Å². The van der Waals surface area contributed by atoms with Crippen molar-refractivity contribution >= 4 is 29.1 Å². The second-order valence-corrected chi connectivity index (χ2v) is 5.23. The third kappa shape index (κ3) is 4.94. The summed E-state index contributed by atoms with van der Waals surface area (Å²) in [6.45, 7) is 0.813. The monoisotopic (exact) mass is 366 g/mol. The Labute approximate surface area is 150 Å². The molecule has 0 saturated carbocycles. The molecule has 1 aromatic heterocycles. The third-order valence-electron chi connectivity index (χ3n) is 3.20. The average Bonchev–Trinajstić information content (AvgIpc) is 2.63. The number of benzene rings is 1. The first-order valence-electron chi connectivity index (χ1n) is 7.37. The van der Waals surface area contributed by atoms with Crippen LogP contribution in [-0.4, -0.2) is 50.4 Å². The molecule has 1 aromatic carbocycles. The molecule has 0 aliphatic heterocycles. The first kappa shape index (κ1) is 18.8. The fraction of sp³-hybridized carbons (Fsp3) is 0.312. The summed E-state index contributed by atoms with van der Waals surface area (Å²) < 4.78 is 15.4. The normalized spacial score (nSPS) is 10.2. The molecule has 2 aromatic rings. The van der Waals surface area contributed by atoms with Gasteiger partial charge in [0.25, 0.3) is 5.91 Å². The zero-order valence-electron chi connectivity index (χ0n) is 14.1. The molecule has 0 aliphatic rings. The molecule has 0 fully saturated rings.